The Morgan fingerprint density at radius 3 is 2.42 bits per heavy atom. The quantitative estimate of drug-likeness (QED) is 0.307. The van der Waals surface area contributed by atoms with Crippen molar-refractivity contribution in [2.24, 2.45) is 0 Å². The van der Waals surface area contributed by atoms with Crippen LogP contribution in [0.25, 0.3) is 5.70 Å². The van der Waals surface area contributed by atoms with E-state index in [0.717, 1.165) is 16.7 Å². The van der Waals surface area contributed by atoms with Crippen LogP contribution in [0.3, 0.4) is 0 Å². The van der Waals surface area contributed by atoms with Crippen molar-refractivity contribution in [1.82, 2.24) is 15.6 Å². The number of amides is 1. The van der Waals surface area contributed by atoms with Gasteiger partial charge in [-0.2, -0.15) is 0 Å². The molecule has 3 N–H and O–H groups in total. The highest BCUT2D eigenvalue weighted by molar-refractivity contribution is 7.80. The van der Waals surface area contributed by atoms with Gasteiger partial charge in [-0.1, -0.05) is 78.9 Å². The van der Waals surface area contributed by atoms with Crippen molar-refractivity contribution >= 4 is 34.8 Å². The number of hydrogen-bond donors (Lipinski definition) is 3. The number of nitrogens with one attached hydrogen (secondary N) is 3. The molecule has 0 saturated heterocycles. The second-order valence-electron chi connectivity index (χ2n) is 8.20. The first-order valence-electron chi connectivity index (χ1n) is 11.5. The number of carbonyl (C=O) groups excluding carboxylic acids is 1. The van der Waals surface area contributed by atoms with Crippen LogP contribution >= 0.6 is 12.2 Å². The van der Waals surface area contributed by atoms with Gasteiger partial charge in [-0.25, -0.2) is 4.98 Å². The normalized spacial score (nSPS) is 15.0. The highest BCUT2D eigenvalue weighted by Crippen LogP contribution is 2.33. The number of ether oxygens (including phenoxy) is 1. The monoisotopic (exact) mass is 492 g/mol. The Kier molecular flexibility index (Phi) is 7.00. The van der Waals surface area contributed by atoms with E-state index in [2.05, 4.69) is 20.9 Å². The van der Waals surface area contributed by atoms with E-state index in [-0.39, 0.29) is 5.91 Å². The smallest absolute Gasteiger partial charge is 0.257 e. The van der Waals surface area contributed by atoms with Crippen LogP contribution in [0, 0.1) is 0 Å². The molecule has 6 nitrogen and oxygen atoms in total. The van der Waals surface area contributed by atoms with Crippen LogP contribution in [0.4, 0.5) is 5.82 Å². The zero-order chi connectivity index (χ0) is 24.7. The summed E-state index contributed by atoms with van der Waals surface area (Å²) in [5, 5.41) is 9.83. The fourth-order valence-corrected chi connectivity index (χ4v) is 4.26. The molecule has 0 unspecified atom stereocenters. The number of aromatic nitrogens is 1. The molecule has 1 aliphatic heterocycles. The summed E-state index contributed by atoms with van der Waals surface area (Å²) in [6.07, 6.45) is 1.64. The predicted molar refractivity (Wildman–Crippen MR) is 145 cm³/mol. The van der Waals surface area contributed by atoms with E-state index in [1.807, 2.05) is 91.0 Å². The number of pyridine rings is 1. The lowest BCUT2D eigenvalue weighted by atomic mass is 9.92. The molecule has 5 rings (SSSR count). The van der Waals surface area contributed by atoms with E-state index in [4.69, 9.17) is 17.0 Å². The van der Waals surface area contributed by atoms with Crippen molar-refractivity contribution in [2.75, 3.05) is 5.32 Å². The summed E-state index contributed by atoms with van der Waals surface area (Å²) in [4.78, 5) is 17.9. The third kappa shape index (κ3) is 5.42. The molecule has 0 radical (unpaired) electrons. The van der Waals surface area contributed by atoms with Crippen LogP contribution in [0.5, 0.6) is 5.75 Å². The molecule has 36 heavy (non-hydrogen) atoms. The number of benzene rings is 3. The number of nitrogens with zero attached hydrogens (tertiary/aromatic N) is 1. The number of anilines is 1. The Morgan fingerprint density at radius 1 is 0.917 bits per heavy atom. The van der Waals surface area contributed by atoms with E-state index >= 15 is 0 Å². The standard InChI is InChI=1S/C29H24N4O2S/c34-28(31-24-16-7-8-17-30-24)25-26(21-12-5-2-6-13-21)32-29(36)33-27(25)22-14-9-15-23(18-22)35-19-20-10-3-1-4-11-20/h1-18,27H,19H2,(H,30,31,34)(H2,32,33,36)/t27-/m0/s1. The molecular formula is C29H24N4O2S. The van der Waals surface area contributed by atoms with E-state index in [1.54, 1.807) is 18.3 Å². The topological polar surface area (TPSA) is 75.3 Å². The van der Waals surface area contributed by atoms with Crippen LogP contribution in [0.15, 0.2) is 115 Å². The molecule has 178 valence electrons. The van der Waals surface area contributed by atoms with Gasteiger partial charge in [0.15, 0.2) is 5.11 Å². The van der Waals surface area contributed by atoms with Gasteiger partial charge in [-0.3, -0.25) is 4.79 Å². The minimum Gasteiger partial charge on any atom is -0.489 e. The van der Waals surface area contributed by atoms with E-state index in [1.165, 1.54) is 0 Å². The van der Waals surface area contributed by atoms with Gasteiger partial charge >= 0.3 is 0 Å². The summed E-state index contributed by atoms with van der Waals surface area (Å²) >= 11 is 5.55. The molecule has 0 bridgehead atoms. The second-order valence-corrected chi connectivity index (χ2v) is 8.61. The van der Waals surface area contributed by atoms with Crippen molar-refractivity contribution in [3.63, 3.8) is 0 Å². The van der Waals surface area contributed by atoms with Gasteiger partial charge in [0.1, 0.15) is 18.2 Å². The molecule has 2 heterocycles. The average molecular weight is 493 g/mol. The van der Waals surface area contributed by atoms with E-state index in [0.29, 0.717) is 34.6 Å². The van der Waals surface area contributed by atoms with Crippen LogP contribution in [-0.2, 0) is 11.4 Å². The molecule has 1 amide bonds. The van der Waals surface area contributed by atoms with Crippen LogP contribution in [0.2, 0.25) is 0 Å². The first-order valence-corrected chi connectivity index (χ1v) is 11.9. The lowest BCUT2D eigenvalue weighted by Crippen LogP contribution is -2.45. The number of rotatable bonds is 7. The fourth-order valence-electron chi connectivity index (χ4n) is 4.04. The van der Waals surface area contributed by atoms with Crippen molar-refractivity contribution in [3.05, 3.63) is 132 Å². The fraction of sp³-hybridized carbons (Fsp3) is 0.0690. The summed E-state index contributed by atoms with van der Waals surface area (Å²) < 4.78 is 6.05. The largest absolute Gasteiger partial charge is 0.489 e. The third-order valence-corrected chi connectivity index (χ3v) is 5.95. The van der Waals surface area contributed by atoms with E-state index in [9.17, 15) is 4.79 Å². The van der Waals surface area contributed by atoms with E-state index < -0.39 is 6.04 Å². The average Bonchev–Trinajstić information content (AvgIpc) is 2.93. The summed E-state index contributed by atoms with van der Waals surface area (Å²) in [5.41, 5.74) is 3.93. The molecule has 0 aliphatic carbocycles. The van der Waals surface area contributed by atoms with Crippen molar-refractivity contribution in [1.29, 1.82) is 0 Å². The third-order valence-electron chi connectivity index (χ3n) is 5.73. The Balaban J connectivity index is 1.52. The van der Waals surface area contributed by atoms with Crippen LogP contribution < -0.4 is 20.7 Å². The van der Waals surface area contributed by atoms with Crippen molar-refractivity contribution < 1.29 is 9.53 Å². The molecule has 4 aromatic rings. The number of carbonyl (C=O) groups is 1. The lowest BCUT2D eigenvalue weighted by Gasteiger charge is -2.32. The van der Waals surface area contributed by atoms with Crippen molar-refractivity contribution in [3.8, 4) is 5.75 Å². The maximum atomic E-state index is 13.7. The first-order chi connectivity index (χ1) is 17.7. The van der Waals surface area contributed by atoms with Crippen LogP contribution in [-0.4, -0.2) is 16.0 Å². The Bertz CT molecular complexity index is 1390. The van der Waals surface area contributed by atoms with Gasteiger partial charge < -0.3 is 20.7 Å². The maximum Gasteiger partial charge on any atom is 0.257 e. The van der Waals surface area contributed by atoms with Gasteiger partial charge in [0, 0.05) is 6.20 Å². The maximum absolute atomic E-state index is 13.7. The summed E-state index contributed by atoms with van der Waals surface area (Å²) in [6, 6.07) is 32.2. The summed E-state index contributed by atoms with van der Waals surface area (Å²) in [6.45, 7) is 0.445. The van der Waals surface area contributed by atoms with Gasteiger partial charge in [-0.15, -0.1) is 0 Å². The predicted octanol–water partition coefficient (Wildman–Crippen LogP) is 5.23. The Hall–Kier alpha value is -4.49. The van der Waals surface area contributed by atoms with Crippen LogP contribution in [0.1, 0.15) is 22.7 Å². The molecule has 3 aromatic carbocycles. The number of thiocarbonyl (C=S) groups is 1. The molecule has 0 fully saturated rings. The summed E-state index contributed by atoms with van der Waals surface area (Å²) in [5.74, 6) is 0.887. The molecule has 0 saturated carbocycles. The zero-order valence-electron chi connectivity index (χ0n) is 19.3. The SMILES string of the molecule is O=C(Nc1ccccn1)C1=C(c2ccccc2)NC(=S)N[C@H]1c1cccc(OCc2ccccc2)c1. The van der Waals surface area contributed by atoms with Gasteiger partial charge in [0.25, 0.3) is 5.91 Å². The molecule has 7 heteroatoms. The van der Waals surface area contributed by atoms with Gasteiger partial charge in [-0.05, 0) is 53.2 Å². The zero-order valence-corrected chi connectivity index (χ0v) is 20.2. The highest BCUT2D eigenvalue weighted by atomic mass is 32.1. The van der Waals surface area contributed by atoms with Gasteiger partial charge in [0.2, 0.25) is 0 Å². The first kappa shape index (κ1) is 23.3. The van der Waals surface area contributed by atoms with Crippen molar-refractivity contribution in [2.45, 2.75) is 12.6 Å². The number of hydrogen-bond acceptors (Lipinski definition) is 4. The lowest BCUT2D eigenvalue weighted by molar-refractivity contribution is -0.113. The second kappa shape index (κ2) is 10.8. The Morgan fingerprint density at radius 2 is 1.67 bits per heavy atom. The minimum absolute atomic E-state index is 0.282. The molecule has 1 atom stereocenters. The molecule has 0 spiro atoms. The summed E-state index contributed by atoms with van der Waals surface area (Å²) in [7, 11) is 0. The Labute approximate surface area is 215 Å². The molecule has 1 aromatic heterocycles. The minimum atomic E-state index is -0.502. The molecular weight excluding hydrogens is 468 g/mol. The van der Waals surface area contributed by atoms with Gasteiger partial charge in [0.05, 0.1) is 17.3 Å². The highest BCUT2D eigenvalue weighted by Gasteiger charge is 2.32. The molecule has 1 aliphatic rings.